The highest BCUT2D eigenvalue weighted by Gasteiger charge is 2.12. The van der Waals surface area contributed by atoms with Gasteiger partial charge in [0.1, 0.15) is 0 Å². The molecule has 0 aliphatic rings. The van der Waals surface area contributed by atoms with Gasteiger partial charge in [0.15, 0.2) is 4.34 Å². The minimum Gasteiger partial charge on any atom is -0.466 e. The number of nitrogens with zero attached hydrogens (tertiary/aromatic N) is 1. The minimum atomic E-state index is -0.299. The van der Waals surface area contributed by atoms with Crippen molar-refractivity contribution in [2.75, 3.05) is 17.7 Å². The fourth-order valence-electron chi connectivity index (χ4n) is 2.17. The third kappa shape index (κ3) is 6.02. The number of hydrogen-bond acceptors (Lipinski definition) is 6. The van der Waals surface area contributed by atoms with Crippen LogP contribution in [0.4, 0.5) is 5.69 Å². The average Bonchev–Trinajstić information content (AvgIpc) is 2.96. The molecular weight excluding hydrogens is 380 g/mol. The Labute approximate surface area is 160 Å². The Bertz CT molecular complexity index is 754. The van der Waals surface area contributed by atoms with Crippen molar-refractivity contribution >= 4 is 52.3 Å². The zero-order valence-corrected chi connectivity index (χ0v) is 16.6. The highest BCUT2D eigenvalue weighted by atomic mass is 35.5. The van der Waals surface area contributed by atoms with E-state index in [1.807, 2.05) is 26.0 Å². The molecule has 1 heterocycles. The summed E-state index contributed by atoms with van der Waals surface area (Å²) in [6.07, 6.45) is 0.148. The fourth-order valence-corrected chi connectivity index (χ4v) is 4.19. The first kappa shape index (κ1) is 19.8. The van der Waals surface area contributed by atoms with Crippen molar-refractivity contribution in [2.45, 2.75) is 31.5 Å². The van der Waals surface area contributed by atoms with Gasteiger partial charge in [-0.2, -0.15) is 0 Å². The molecule has 0 atom stereocenters. The molecule has 8 heteroatoms. The van der Waals surface area contributed by atoms with Crippen molar-refractivity contribution in [2.24, 2.45) is 0 Å². The molecule has 1 amide bonds. The van der Waals surface area contributed by atoms with E-state index in [1.54, 1.807) is 12.3 Å². The number of nitrogens with one attached hydrogen (secondary N) is 1. The number of halogens is 1. The van der Waals surface area contributed by atoms with E-state index in [9.17, 15) is 9.59 Å². The summed E-state index contributed by atoms with van der Waals surface area (Å²) in [4.78, 5) is 27.9. The van der Waals surface area contributed by atoms with Gasteiger partial charge in [-0.1, -0.05) is 29.4 Å². The summed E-state index contributed by atoms with van der Waals surface area (Å²) >= 11 is 8.93. The molecule has 0 aliphatic carbocycles. The molecule has 25 heavy (non-hydrogen) atoms. The number of anilines is 1. The van der Waals surface area contributed by atoms with E-state index in [4.69, 9.17) is 16.3 Å². The molecule has 134 valence electrons. The lowest BCUT2D eigenvalue weighted by molar-refractivity contribution is -0.142. The first-order valence-electron chi connectivity index (χ1n) is 7.68. The molecule has 1 aromatic heterocycles. The predicted octanol–water partition coefficient (Wildman–Crippen LogP) is 4.25. The Morgan fingerprint density at radius 1 is 1.36 bits per heavy atom. The van der Waals surface area contributed by atoms with Crippen molar-refractivity contribution in [1.82, 2.24) is 4.98 Å². The molecule has 2 rings (SSSR count). The zero-order valence-electron chi connectivity index (χ0n) is 14.2. The molecule has 0 saturated heterocycles. The molecule has 0 spiro atoms. The summed E-state index contributed by atoms with van der Waals surface area (Å²) in [5.41, 5.74) is 3.27. The van der Waals surface area contributed by atoms with Crippen molar-refractivity contribution in [1.29, 1.82) is 0 Å². The van der Waals surface area contributed by atoms with Crippen LogP contribution in [-0.4, -0.2) is 29.2 Å². The summed E-state index contributed by atoms with van der Waals surface area (Å²) in [5, 5.41) is 5.18. The third-order valence-corrected chi connectivity index (χ3v) is 5.55. The second-order valence-corrected chi connectivity index (χ2v) is 7.85. The first-order valence-corrected chi connectivity index (χ1v) is 9.92. The number of carbonyl (C=O) groups is 2. The number of esters is 1. The van der Waals surface area contributed by atoms with Crippen molar-refractivity contribution < 1.29 is 14.3 Å². The summed E-state index contributed by atoms with van der Waals surface area (Å²) < 4.78 is 5.63. The van der Waals surface area contributed by atoms with E-state index in [1.165, 1.54) is 23.1 Å². The molecule has 0 radical (unpaired) electrons. The van der Waals surface area contributed by atoms with E-state index in [-0.39, 0.29) is 24.1 Å². The molecule has 2 aromatic rings. The van der Waals surface area contributed by atoms with Crippen LogP contribution in [0.5, 0.6) is 0 Å². The SMILES string of the molecule is CCOC(=O)Cc1csc(SCC(=O)Nc2c(C)cc(C)cc2Cl)n1. The van der Waals surface area contributed by atoms with Crippen LogP contribution >= 0.6 is 34.7 Å². The summed E-state index contributed by atoms with van der Waals surface area (Å²) in [5.74, 6) is -0.233. The lowest BCUT2D eigenvalue weighted by Gasteiger charge is -2.11. The largest absolute Gasteiger partial charge is 0.466 e. The van der Waals surface area contributed by atoms with Crippen LogP contribution in [0.1, 0.15) is 23.7 Å². The number of hydrogen-bond donors (Lipinski definition) is 1. The number of amides is 1. The minimum absolute atomic E-state index is 0.148. The van der Waals surface area contributed by atoms with Gasteiger partial charge in [-0.3, -0.25) is 9.59 Å². The van der Waals surface area contributed by atoms with E-state index in [0.29, 0.717) is 23.0 Å². The lowest BCUT2D eigenvalue weighted by atomic mass is 10.1. The van der Waals surface area contributed by atoms with E-state index < -0.39 is 0 Å². The molecule has 1 aromatic carbocycles. The van der Waals surface area contributed by atoms with E-state index >= 15 is 0 Å². The number of thiazole rings is 1. The van der Waals surface area contributed by atoms with Gasteiger partial charge in [-0.15, -0.1) is 11.3 Å². The number of aromatic nitrogens is 1. The highest BCUT2D eigenvalue weighted by Crippen LogP contribution is 2.28. The molecule has 1 N–H and O–H groups in total. The Morgan fingerprint density at radius 2 is 2.12 bits per heavy atom. The maximum atomic E-state index is 12.2. The molecule has 0 fully saturated rings. The van der Waals surface area contributed by atoms with E-state index in [0.717, 1.165) is 15.5 Å². The number of carbonyl (C=O) groups excluding carboxylic acids is 2. The van der Waals surface area contributed by atoms with Gasteiger partial charge >= 0.3 is 5.97 Å². The van der Waals surface area contributed by atoms with Crippen molar-refractivity contribution in [3.8, 4) is 0 Å². The molecular formula is C17H19ClN2O3S2. The van der Waals surface area contributed by atoms with Crippen LogP contribution in [0.2, 0.25) is 5.02 Å². The maximum absolute atomic E-state index is 12.2. The number of thioether (sulfide) groups is 1. The normalized spacial score (nSPS) is 10.6. The molecule has 0 unspecified atom stereocenters. The van der Waals surface area contributed by atoms with Gasteiger partial charge in [0.2, 0.25) is 5.91 Å². The average molecular weight is 399 g/mol. The van der Waals surface area contributed by atoms with Gasteiger partial charge in [0.25, 0.3) is 0 Å². The number of aryl methyl sites for hydroxylation is 2. The Morgan fingerprint density at radius 3 is 2.80 bits per heavy atom. The Balaban J connectivity index is 1.88. The summed E-state index contributed by atoms with van der Waals surface area (Å²) in [7, 11) is 0. The quantitative estimate of drug-likeness (QED) is 0.557. The number of rotatable bonds is 7. The van der Waals surface area contributed by atoms with Gasteiger partial charge in [0, 0.05) is 5.38 Å². The highest BCUT2D eigenvalue weighted by molar-refractivity contribution is 8.01. The summed E-state index contributed by atoms with van der Waals surface area (Å²) in [6.45, 7) is 5.98. The lowest BCUT2D eigenvalue weighted by Crippen LogP contribution is -2.15. The number of ether oxygens (including phenoxy) is 1. The second kappa shape index (κ2) is 9.22. The van der Waals surface area contributed by atoms with Crippen LogP contribution < -0.4 is 5.32 Å². The van der Waals surface area contributed by atoms with Crippen LogP contribution in [0.15, 0.2) is 21.9 Å². The zero-order chi connectivity index (χ0) is 18.4. The third-order valence-electron chi connectivity index (χ3n) is 3.18. The second-order valence-electron chi connectivity index (χ2n) is 5.36. The number of benzene rings is 1. The van der Waals surface area contributed by atoms with Crippen molar-refractivity contribution in [3.05, 3.63) is 39.4 Å². The van der Waals surface area contributed by atoms with E-state index in [2.05, 4.69) is 10.3 Å². The van der Waals surface area contributed by atoms with Crippen LogP contribution in [0, 0.1) is 13.8 Å². The molecule has 0 aliphatic heterocycles. The Hall–Kier alpha value is -1.57. The molecule has 0 saturated carbocycles. The summed E-state index contributed by atoms with van der Waals surface area (Å²) in [6, 6.07) is 3.79. The van der Waals surface area contributed by atoms with Gasteiger partial charge < -0.3 is 10.1 Å². The smallest absolute Gasteiger partial charge is 0.311 e. The van der Waals surface area contributed by atoms with Crippen LogP contribution in [0.25, 0.3) is 0 Å². The predicted molar refractivity (Wildman–Crippen MR) is 103 cm³/mol. The first-order chi connectivity index (χ1) is 11.9. The monoisotopic (exact) mass is 398 g/mol. The van der Waals surface area contributed by atoms with Crippen LogP contribution in [0.3, 0.4) is 0 Å². The topological polar surface area (TPSA) is 68.3 Å². The van der Waals surface area contributed by atoms with Gasteiger partial charge in [-0.25, -0.2) is 4.98 Å². The van der Waals surface area contributed by atoms with Gasteiger partial charge in [-0.05, 0) is 38.0 Å². The van der Waals surface area contributed by atoms with Crippen molar-refractivity contribution in [3.63, 3.8) is 0 Å². The molecule has 5 nitrogen and oxygen atoms in total. The molecule has 0 bridgehead atoms. The standard InChI is InChI=1S/C17H19ClN2O3S2/c1-4-23-15(22)7-12-8-24-17(19-12)25-9-14(21)20-16-11(3)5-10(2)6-13(16)18/h5-6,8H,4,7,9H2,1-3H3,(H,20,21). The van der Waals surface area contributed by atoms with Gasteiger partial charge in [0.05, 0.1) is 35.2 Å². The fraction of sp³-hybridized carbons (Fsp3) is 0.353. The maximum Gasteiger partial charge on any atom is 0.311 e. The van der Waals surface area contributed by atoms with Crippen LogP contribution in [-0.2, 0) is 20.7 Å². The Kier molecular flexibility index (Phi) is 7.28.